The second-order valence-corrected chi connectivity index (χ2v) is 3.01. The number of hydrogen-bond donors (Lipinski definition) is 2. The molecule has 0 aliphatic heterocycles. The first-order chi connectivity index (χ1) is 6.60. The van der Waals surface area contributed by atoms with Gasteiger partial charge in [-0.15, -0.1) is 0 Å². The molecule has 0 radical (unpaired) electrons. The molecule has 1 atom stereocenters. The van der Waals surface area contributed by atoms with E-state index in [1.54, 1.807) is 0 Å². The Labute approximate surface area is 83.4 Å². The molecule has 5 nitrogen and oxygen atoms in total. The van der Waals surface area contributed by atoms with E-state index in [1.807, 2.05) is 6.92 Å². The van der Waals surface area contributed by atoms with Gasteiger partial charge in [0.2, 0.25) is 5.91 Å². The minimum absolute atomic E-state index is 0.0863. The lowest BCUT2D eigenvalue weighted by molar-refractivity contribution is -0.143. The molecular weight excluding hydrogens is 186 g/mol. The predicted molar refractivity (Wildman–Crippen MR) is 50.5 cm³/mol. The number of hydrogen-bond acceptors (Lipinski definition) is 4. The zero-order chi connectivity index (χ0) is 11.0. The van der Waals surface area contributed by atoms with Crippen LogP contribution in [0.1, 0.15) is 20.3 Å². The summed E-state index contributed by atoms with van der Waals surface area (Å²) in [5.74, 6) is -0.858. The Morgan fingerprint density at radius 2 is 2.14 bits per heavy atom. The largest absolute Gasteiger partial charge is 0.465 e. The lowest BCUT2D eigenvalue weighted by Crippen LogP contribution is -2.28. The van der Waals surface area contributed by atoms with Crippen molar-refractivity contribution in [3.8, 4) is 0 Å². The SMILES string of the molecule is CCNC(=O)C[C@H](CO)COC(C)=O. The summed E-state index contributed by atoms with van der Waals surface area (Å²) < 4.78 is 4.69. The maximum absolute atomic E-state index is 11.1. The van der Waals surface area contributed by atoms with Crippen molar-refractivity contribution in [2.24, 2.45) is 5.92 Å². The summed E-state index contributed by atoms with van der Waals surface area (Å²) in [5.41, 5.74) is 0. The van der Waals surface area contributed by atoms with Gasteiger partial charge in [0.25, 0.3) is 0 Å². The van der Waals surface area contributed by atoms with E-state index >= 15 is 0 Å². The molecule has 0 aromatic heterocycles. The van der Waals surface area contributed by atoms with Crippen molar-refractivity contribution in [1.82, 2.24) is 5.32 Å². The predicted octanol–water partition coefficient (Wildman–Crippen LogP) is -0.316. The van der Waals surface area contributed by atoms with Crippen LogP contribution in [0.25, 0.3) is 0 Å². The van der Waals surface area contributed by atoms with E-state index < -0.39 is 5.97 Å². The Bertz CT molecular complexity index is 193. The van der Waals surface area contributed by atoms with Crippen molar-refractivity contribution >= 4 is 11.9 Å². The van der Waals surface area contributed by atoms with Crippen LogP contribution in [0.4, 0.5) is 0 Å². The summed E-state index contributed by atoms with van der Waals surface area (Å²) in [5, 5.41) is 11.5. The molecule has 5 heteroatoms. The monoisotopic (exact) mass is 203 g/mol. The van der Waals surface area contributed by atoms with E-state index in [2.05, 4.69) is 5.32 Å². The second-order valence-electron chi connectivity index (χ2n) is 3.01. The Balaban J connectivity index is 3.78. The average molecular weight is 203 g/mol. The van der Waals surface area contributed by atoms with E-state index in [0.29, 0.717) is 6.54 Å². The van der Waals surface area contributed by atoms with Crippen LogP contribution in [0.2, 0.25) is 0 Å². The van der Waals surface area contributed by atoms with Gasteiger partial charge in [-0.25, -0.2) is 0 Å². The van der Waals surface area contributed by atoms with Gasteiger partial charge in [0.05, 0.1) is 6.61 Å². The number of rotatable bonds is 6. The molecule has 0 fully saturated rings. The molecule has 1 amide bonds. The maximum atomic E-state index is 11.1. The van der Waals surface area contributed by atoms with Crippen LogP contribution in [-0.2, 0) is 14.3 Å². The fourth-order valence-corrected chi connectivity index (χ4v) is 0.943. The summed E-state index contributed by atoms with van der Waals surface area (Å²) in [6, 6.07) is 0. The smallest absolute Gasteiger partial charge is 0.302 e. The van der Waals surface area contributed by atoms with Crippen molar-refractivity contribution in [2.45, 2.75) is 20.3 Å². The molecule has 0 heterocycles. The Hall–Kier alpha value is -1.10. The third-order valence-corrected chi connectivity index (χ3v) is 1.63. The van der Waals surface area contributed by atoms with Gasteiger partial charge < -0.3 is 15.2 Å². The van der Waals surface area contributed by atoms with Crippen LogP contribution in [0.3, 0.4) is 0 Å². The Morgan fingerprint density at radius 1 is 1.50 bits per heavy atom. The number of carbonyl (C=O) groups excluding carboxylic acids is 2. The summed E-state index contributed by atoms with van der Waals surface area (Å²) in [6.45, 7) is 3.59. The first-order valence-corrected chi connectivity index (χ1v) is 4.61. The first kappa shape index (κ1) is 12.9. The van der Waals surface area contributed by atoms with Crippen molar-refractivity contribution in [1.29, 1.82) is 0 Å². The van der Waals surface area contributed by atoms with E-state index in [1.165, 1.54) is 6.92 Å². The molecule has 82 valence electrons. The number of aliphatic hydroxyl groups is 1. The quantitative estimate of drug-likeness (QED) is 0.580. The van der Waals surface area contributed by atoms with Crippen molar-refractivity contribution in [3.05, 3.63) is 0 Å². The van der Waals surface area contributed by atoms with Crippen LogP contribution in [0.15, 0.2) is 0 Å². The van der Waals surface area contributed by atoms with Gasteiger partial charge >= 0.3 is 5.97 Å². The third-order valence-electron chi connectivity index (χ3n) is 1.63. The zero-order valence-corrected chi connectivity index (χ0v) is 8.58. The Kier molecular flexibility index (Phi) is 6.74. The molecule has 0 saturated carbocycles. The molecule has 0 saturated heterocycles. The highest BCUT2D eigenvalue weighted by molar-refractivity contribution is 5.76. The molecule has 0 rings (SSSR count). The average Bonchev–Trinajstić information content (AvgIpc) is 2.12. The van der Waals surface area contributed by atoms with Crippen molar-refractivity contribution in [2.75, 3.05) is 19.8 Å². The van der Waals surface area contributed by atoms with Gasteiger partial charge in [-0.05, 0) is 6.92 Å². The molecule has 0 bridgehead atoms. The van der Waals surface area contributed by atoms with Crippen molar-refractivity contribution < 1.29 is 19.4 Å². The van der Waals surface area contributed by atoms with Crippen LogP contribution in [0, 0.1) is 5.92 Å². The van der Waals surface area contributed by atoms with E-state index in [0.717, 1.165) is 0 Å². The minimum Gasteiger partial charge on any atom is -0.465 e. The summed E-state index contributed by atoms with van der Waals surface area (Å²) in [7, 11) is 0. The fraction of sp³-hybridized carbons (Fsp3) is 0.778. The second kappa shape index (κ2) is 7.32. The van der Waals surface area contributed by atoms with Gasteiger partial charge in [0.1, 0.15) is 0 Å². The Morgan fingerprint density at radius 3 is 2.57 bits per heavy atom. The molecule has 0 aliphatic rings. The van der Waals surface area contributed by atoms with E-state index in [9.17, 15) is 9.59 Å². The lowest BCUT2D eigenvalue weighted by Gasteiger charge is -2.12. The lowest BCUT2D eigenvalue weighted by atomic mass is 10.1. The first-order valence-electron chi connectivity index (χ1n) is 4.61. The summed E-state index contributed by atoms with van der Waals surface area (Å²) in [4.78, 5) is 21.6. The number of amides is 1. The van der Waals surface area contributed by atoms with Crippen LogP contribution >= 0.6 is 0 Å². The highest BCUT2D eigenvalue weighted by Crippen LogP contribution is 2.02. The minimum atomic E-state index is -0.403. The van der Waals surface area contributed by atoms with Gasteiger partial charge in [0.15, 0.2) is 0 Å². The highest BCUT2D eigenvalue weighted by atomic mass is 16.5. The standard InChI is InChI=1S/C9H17NO4/c1-3-10-9(13)4-8(5-11)6-14-7(2)12/h8,11H,3-6H2,1-2H3,(H,10,13)/t8-/m1/s1. The van der Waals surface area contributed by atoms with Gasteiger partial charge in [-0.3, -0.25) is 9.59 Å². The number of esters is 1. The summed E-state index contributed by atoms with van der Waals surface area (Å²) >= 11 is 0. The normalized spacial score (nSPS) is 11.9. The number of ether oxygens (including phenoxy) is 1. The van der Waals surface area contributed by atoms with E-state index in [4.69, 9.17) is 9.84 Å². The van der Waals surface area contributed by atoms with Gasteiger partial charge in [-0.2, -0.15) is 0 Å². The maximum Gasteiger partial charge on any atom is 0.302 e. The van der Waals surface area contributed by atoms with Crippen LogP contribution in [-0.4, -0.2) is 36.7 Å². The number of aliphatic hydroxyl groups excluding tert-OH is 1. The number of carbonyl (C=O) groups is 2. The topological polar surface area (TPSA) is 75.6 Å². The molecule has 0 unspecified atom stereocenters. The molecule has 0 aromatic carbocycles. The fourth-order valence-electron chi connectivity index (χ4n) is 0.943. The van der Waals surface area contributed by atoms with Gasteiger partial charge in [-0.1, -0.05) is 0 Å². The molecule has 0 aliphatic carbocycles. The highest BCUT2D eigenvalue weighted by Gasteiger charge is 2.13. The molecule has 2 N–H and O–H groups in total. The zero-order valence-electron chi connectivity index (χ0n) is 8.58. The van der Waals surface area contributed by atoms with Gasteiger partial charge in [0, 0.05) is 32.4 Å². The number of nitrogens with one attached hydrogen (secondary N) is 1. The summed E-state index contributed by atoms with van der Waals surface area (Å²) in [6.07, 6.45) is 0.178. The van der Waals surface area contributed by atoms with Crippen LogP contribution in [0.5, 0.6) is 0 Å². The van der Waals surface area contributed by atoms with Crippen LogP contribution < -0.4 is 5.32 Å². The third kappa shape index (κ3) is 6.42. The van der Waals surface area contributed by atoms with Crippen molar-refractivity contribution in [3.63, 3.8) is 0 Å². The molecular formula is C9H17NO4. The molecule has 14 heavy (non-hydrogen) atoms. The van der Waals surface area contributed by atoms with E-state index in [-0.39, 0.29) is 31.5 Å². The molecule has 0 aromatic rings. The molecule has 0 spiro atoms.